The van der Waals surface area contributed by atoms with Crippen molar-refractivity contribution >= 4 is 21.9 Å². The first-order chi connectivity index (χ1) is 15.3. The largest absolute Gasteiger partial charge is 0.508 e. The first-order valence-corrected chi connectivity index (χ1v) is 11.2. The van der Waals surface area contributed by atoms with Crippen LogP contribution in [0, 0.1) is 0 Å². The Hall–Kier alpha value is -3.12. The molecule has 31 heavy (non-hydrogen) atoms. The zero-order valence-corrected chi connectivity index (χ0v) is 17.7. The molecule has 5 rings (SSSR count). The number of ether oxygens (including phenoxy) is 1. The Kier molecular flexibility index (Phi) is 5.71. The molecule has 0 amide bonds. The maximum absolute atomic E-state index is 9.88. The number of phenolic OH excluding ortho intramolecular Hbond substituents is 1. The first kappa shape index (κ1) is 19.8. The molecule has 4 aromatic rings. The number of hydrogen-bond donors (Lipinski definition) is 2. The molecule has 1 aliphatic heterocycles. The number of phenols is 1. The van der Waals surface area contributed by atoms with Gasteiger partial charge in [0.1, 0.15) is 17.2 Å². The van der Waals surface area contributed by atoms with Gasteiger partial charge in [-0.05, 0) is 50.0 Å². The number of aromatic amines is 1. The highest BCUT2D eigenvalue weighted by Gasteiger charge is 2.16. The summed E-state index contributed by atoms with van der Waals surface area (Å²) in [5.74, 6) is 1.56. The van der Waals surface area contributed by atoms with Crippen molar-refractivity contribution in [1.82, 2.24) is 19.9 Å². The van der Waals surface area contributed by atoms with E-state index in [1.165, 1.54) is 32.4 Å². The lowest BCUT2D eigenvalue weighted by Crippen LogP contribution is -2.31. The molecular weight excluding hydrogens is 388 g/mol. The molecule has 160 valence electrons. The number of benzene rings is 2. The van der Waals surface area contributed by atoms with Gasteiger partial charge in [-0.2, -0.15) is 4.98 Å². The van der Waals surface area contributed by atoms with E-state index < -0.39 is 0 Å². The number of hydrogen-bond acceptors (Lipinski definition) is 5. The molecule has 3 heterocycles. The number of likely N-dealkylation sites (tertiary alicyclic amines) is 1. The minimum atomic E-state index is 0.223. The number of fused-ring (bicyclic) bond motifs is 3. The van der Waals surface area contributed by atoms with Crippen LogP contribution in [0.3, 0.4) is 0 Å². The Morgan fingerprint density at radius 1 is 1.00 bits per heavy atom. The van der Waals surface area contributed by atoms with Crippen molar-refractivity contribution in [1.29, 1.82) is 0 Å². The van der Waals surface area contributed by atoms with Crippen LogP contribution in [-0.2, 0) is 6.42 Å². The maximum Gasteiger partial charge on any atom is 0.227 e. The van der Waals surface area contributed by atoms with Crippen LogP contribution in [-0.4, -0.2) is 51.2 Å². The predicted molar refractivity (Wildman–Crippen MR) is 123 cm³/mol. The van der Waals surface area contributed by atoms with Crippen molar-refractivity contribution in [2.75, 3.05) is 26.2 Å². The van der Waals surface area contributed by atoms with E-state index in [9.17, 15) is 5.11 Å². The fourth-order valence-corrected chi connectivity index (χ4v) is 4.40. The van der Waals surface area contributed by atoms with Crippen LogP contribution in [0.4, 0.5) is 0 Å². The second-order valence-electron chi connectivity index (χ2n) is 8.29. The SMILES string of the molecule is Oc1ccc2c(c1)[nH]c1nc(Cc3ccccc3)nc(OCCCN3CCCCC3)c12. The predicted octanol–water partition coefficient (Wildman–Crippen LogP) is 4.66. The van der Waals surface area contributed by atoms with Crippen molar-refractivity contribution < 1.29 is 9.84 Å². The number of aromatic hydroxyl groups is 1. The number of nitrogens with zero attached hydrogens (tertiary/aromatic N) is 3. The molecule has 0 spiro atoms. The van der Waals surface area contributed by atoms with Crippen LogP contribution >= 0.6 is 0 Å². The molecule has 1 saturated heterocycles. The standard InChI is InChI=1S/C25H28N4O2/c30-19-10-11-20-21(17-19)26-24-23(20)25(31-15-7-14-29-12-5-2-6-13-29)28-22(27-24)16-18-8-3-1-4-9-18/h1,3-4,8-11,17,30H,2,5-7,12-16H2,(H,26,27,28). The van der Waals surface area contributed by atoms with Gasteiger partial charge < -0.3 is 19.7 Å². The Morgan fingerprint density at radius 2 is 1.84 bits per heavy atom. The molecule has 0 radical (unpaired) electrons. The van der Waals surface area contributed by atoms with Gasteiger partial charge in [0.25, 0.3) is 0 Å². The molecular formula is C25H28N4O2. The molecule has 6 heteroatoms. The third-order valence-electron chi connectivity index (χ3n) is 5.96. The lowest BCUT2D eigenvalue weighted by Gasteiger charge is -2.26. The van der Waals surface area contributed by atoms with Gasteiger partial charge in [-0.15, -0.1) is 0 Å². The summed E-state index contributed by atoms with van der Waals surface area (Å²) in [5, 5.41) is 11.7. The molecule has 6 nitrogen and oxygen atoms in total. The van der Waals surface area contributed by atoms with Crippen LogP contribution in [0.5, 0.6) is 11.6 Å². The highest BCUT2D eigenvalue weighted by atomic mass is 16.5. The lowest BCUT2D eigenvalue weighted by molar-refractivity contribution is 0.203. The van der Waals surface area contributed by atoms with Gasteiger partial charge in [0, 0.05) is 24.4 Å². The number of rotatable bonds is 7. The van der Waals surface area contributed by atoms with E-state index in [-0.39, 0.29) is 5.75 Å². The Bertz CT molecular complexity index is 1170. The zero-order chi connectivity index (χ0) is 21.0. The smallest absolute Gasteiger partial charge is 0.227 e. The summed E-state index contributed by atoms with van der Waals surface area (Å²) in [6, 6.07) is 15.5. The summed E-state index contributed by atoms with van der Waals surface area (Å²) in [4.78, 5) is 15.4. The van der Waals surface area contributed by atoms with Crippen molar-refractivity contribution in [3.63, 3.8) is 0 Å². The summed E-state index contributed by atoms with van der Waals surface area (Å²) < 4.78 is 6.23. The third kappa shape index (κ3) is 4.49. The zero-order valence-electron chi connectivity index (χ0n) is 17.7. The average Bonchev–Trinajstić information content (AvgIpc) is 3.15. The quantitative estimate of drug-likeness (QED) is 0.429. The molecule has 0 aliphatic carbocycles. The van der Waals surface area contributed by atoms with Gasteiger partial charge in [0.05, 0.1) is 17.5 Å². The Morgan fingerprint density at radius 3 is 2.68 bits per heavy atom. The second kappa shape index (κ2) is 8.94. The van der Waals surface area contributed by atoms with Crippen LogP contribution in [0.15, 0.2) is 48.5 Å². The number of piperidine rings is 1. The first-order valence-electron chi connectivity index (χ1n) is 11.2. The lowest BCUT2D eigenvalue weighted by atomic mass is 10.1. The van der Waals surface area contributed by atoms with Crippen LogP contribution in [0.2, 0.25) is 0 Å². The van der Waals surface area contributed by atoms with Gasteiger partial charge >= 0.3 is 0 Å². The van der Waals surface area contributed by atoms with Crippen molar-refractivity contribution in [3.05, 3.63) is 59.9 Å². The fourth-order valence-electron chi connectivity index (χ4n) is 4.40. The van der Waals surface area contributed by atoms with E-state index in [0.29, 0.717) is 18.9 Å². The molecule has 0 unspecified atom stereocenters. The van der Waals surface area contributed by atoms with Crippen LogP contribution in [0.1, 0.15) is 37.1 Å². The summed E-state index contributed by atoms with van der Waals surface area (Å²) in [6.45, 7) is 4.08. The highest BCUT2D eigenvalue weighted by Crippen LogP contribution is 2.33. The molecule has 0 bridgehead atoms. The van der Waals surface area contributed by atoms with Crippen LogP contribution in [0.25, 0.3) is 21.9 Å². The molecule has 0 atom stereocenters. The Balaban J connectivity index is 1.42. The number of aromatic nitrogens is 3. The number of H-pyrrole nitrogens is 1. The van der Waals surface area contributed by atoms with Gasteiger partial charge in [-0.3, -0.25) is 0 Å². The Labute approximate surface area is 181 Å². The minimum Gasteiger partial charge on any atom is -0.508 e. The van der Waals surface area contributed by atoms with E-state index in [1.807, 2.05) is 24.3 Å². The van der Waals surface area contributed by atoms with Crippen LogP contribution < -0.4 is 4.74 Å². The minimum absolute atomic E-state index is 0.223. The fraction of sp³-hybridized carbons (Fsp3) is 0.360. The van der Waals surface area contributed by atoms with Gasteiger partial charge in [0.2, 0.25) is 5.88 Å². The summed E-state index contributed by atoms with van der Waals surface area (Å²) >= 11 is 0. The molecule has 2 aromatic carbocycles. The van der Waals surface area contributed by atoms with E-state index in [0.717, 1.165) is 46.3 Å². The van der Waals surface area contributed by atoms with Gasteiger partial charge in [-0.1, -0.05) is 36.8 Å². The molecule has 1 aliphatic rings. The monoisotopic (exact) mass is 416 g/mol. The molecule has 2 N–H and O–H groups in total. The molecule has 1 fully saturated rings. The van der Waals surface area contributed by atoms with E-state index in [2.05, 4.69) is 22.0 Å². The van der Waals surface area contributed by atoms with Crippen molar-refractivity contribution in [3.8, 4) is 11.6 Å². The average molecular weight is 417 g/mol. The summed E-state index contributed by atoms with van der Waals surface area (Å²) in [6.07, 6.45) is 5.58. The van der Waals surface area contributed by atoms with Gasteiger partial charge in [0.15, 0.2) is 0 Å². The highest BCUT2D eigenvalue weighted by molar-refractivity contribution is 6.08. The van der Waals surface area contributed by atoms with Crippen molar-refractivity contribution in [2.24, 2.45) is 0 Å². The summed E-state index contributed by atoms with van der Waals surface area (Å²) in [7, 11) is 0. The van der Waals surface area contributed by atoms with Gasteiger partial charge in [-0.25, -0.2) is 4.98 Å². The van der Waals surface area contributed by atoms with E-state index >= 15 is 0 Å². The number of nitrogens with one attached hydrogen (secondary N) is 1. The van der Waals surface area contributed by atoms with E-state index in [4.69, 9.17) is 14.7 Å². The summed E-state index contributed by atoms with van der Waals surface area (Å²) in [5.41, 5.74) is 2.73. The normalized spacial score (nSPS) is 15.0. The van der Waals surface area contributed by atoms with Crippen molar-refractivity contribution in [2.45, 2.75) is 32.1 Å². The third-order valence-corrected chi connectivity index (χ3v) is 5.96. The second-order valence-corrected chi connectivity index (χ2v) is 8.29. The molecule has 2 aromatic heterocycles. The van der Waals surface area contributed by atoms with E-state index in [1.54, 1.807) is 12.1 Å². The maximum atomic E-state index is 9.88. The molecule has 0 saturated carbocycles. The topological polar surface area (TPSA) is 74.3 Å².